The Bertz CT molecular complexity index is 299. The Hall–Kier alpha value is -1.06. The van der Waals surface area contributed by atoms with Crippen LogP contribution in [0, 0.1) is 0 Å². The van der Waals surface area contributed by atoms with Gasteiger partial charge in [0.05, 0.1) is 25.9 Å². The first kappa shape index (κ1) is 10.5. The number of ether oxygens (including phenoxy) is 2. The highest BCUT2D eigenvalue weighted by Crippen LogP contribution is 2.28. The normalized spacial score (nSPS) is 26.3. The van der Waals surface area contributed by atoms with Crippen LogP contribution in [0.25, 0.3) is 0 Å². The number of benzene rings is 1. The van der Waals surface area contributed by atoms with Crippen molar-refractivity contribution < 1.29 is 14.6 Å². The molecule has 0 unspecified atom stereocenters. The largest absolute Gasteiger partial charge is 0.497 e. The third kappa shape index (κ3) is 2.49. The van der Waals surface area contributed by atoms with Gasteiger partial charge in [-0.2, -0.15) is 0 Å². The Morgan fingerprint density at radius 3 is 2.53 bits per heavy atom. The average Bonchev–Trinajstić information content (AvgIpc) is 2.30. The minimum absolute atomic E-state index is 0.124. The van der Waals surface area contributed by atoms with Crippen LogP contribution in [0.2, 0.25) is 0 Å². The number of hydrogen-bond donors (Lipinski definition) is 1. The van der Waals surface area contributed by atoms with E-state index in [2.05, 4.69) is 0 Å². The first-order valence-electron chi connectivity index (χ1n) is 5.23. The summed E-state index contributed by atoms with van der Waals surface area (Å²) in [4.78, 5) is 0. The van der Waals surface area contributed by atoms with Gasteiger partial charge in [-0.15, -0.1) is 0 Å². The molecule has 0 radical (unpaired) electrons. The van der Waals surface area contributed by atoms with Crippen LogP contribution in [0.4, 0.5) is 0 Å². The van der Waals surface area contributed by atoms with Crippen molar-refractivity contribution >= 4 is 0 Å². The van der Waals surface area contributed by atoms with E-state index < -0.39 is 0 Å². The number of hydrogen-bond acceptors (Lipinski definition) is 3. The fourth-order valence-electron chi connectivity index (χ4n) is 1.82. The molecule has 1 saturated heterocycles. The summed E-state index contributed by atoms with van der Waals surface area (Å²) in [6.07, 6.45) is 1.53. The third-order valence-electron chi connectivity index (χ3n) is 2.74. The highest BCUT2D eigenvalue weighted by Gasteiger charge is 2.20. The molecule has 2 rings (SSSR count). The number of methoxy groups -OCH3 is 1. The van der Waals surface area contributed by atoms with E-state index in [-0.39, 0.29) is 12.2 Å². The molecule has 2 atom stereocenters. The van der Waals surface area contributed by atoms with E-state index in [4.69, 9.17) is 9.47 Å². The van der Waals surface area contributed by atoms with E-state index in [0.29, 0.717) is 6.61 Å². The van der Waals surface area contributed by atoms with Crippen LogP contribution >= 0.6 is 0 Å². The first-order chi connectivity index (χ1) is 7.29. The maximum atomic E-state index is 9.31. The van der Waals surface area contributed by atoms with Gasteiger partial charge < -0.3 is 14.6 Å². The van der Waals surface area contributed by atoms with E-state index in [1.54, 1.807) is 7.11 Å². The van der Waals surface area contributed by atoms with Crippen molar-refractivity contribution in [3.63, 3.8) is 0 Å². The monoisotopic (exact) mass is 208 g/mol. The lowest BCUT2D eigenvalue weighted by Gasteiger charge is -2.26. The molecule has 15 heavy (non-hydrogen) atoms. The Kier molecular flexibility index (Phi) is 3.23. The predicted octanol–water partition coefficient (Wildman–Crippen LogP) is 1.91. The van der Waals surface area contributed by atoms with Gasteiger partial charge in [0.1, 0.15) is 5.75 Å². The van der Waals surface area contributed by atoms with Gasteiger partial charge >= 0.3 is 0 Å². The molecule has 1 fully saturated rings. The minimum atomic E-state index is -0.292. The molecule has 0 amide bonds. The third-order valence-corrected chi connectivity index (χ3v) is 2.74. The molecule has 3 heteroatoms. The lowest BCUT2D eigenvalue weighted by atomic mass is 10.0. The highest BCUT2D eigenvalue weighted by atomic mass is 16.5. The molecule has 0 spiro atoms. The Labute approximate surface area is 89.6 Å². The molecule has 0 aliphatic carbocycles. The van der Waals surface area contributed by atoms with Gasteiger partial charge in [0.15, 0.2) is 0 Å². The highest BCUT2D eigenvalue weighted by molar-refractivity contribution is 5.28. The van der Waals surface area contributed by atoms with Gasteiger partial charge in [-0.1, -0.05) is 12.1 Å². The quantitative estimate of drug-likeness (QED) is 0.806. The maximum Gasteiger partial charge on any atom is 0.118 e. The smallest absolute Gasteiger partial charge is 0.118 e. The first-order valence-corrected chi connectivity index (χ1v) is 5.23. The van der Waals surface area contributed by atoms with Crippen LogP contribution in [0.1, 0.15) is 24.5 Å². The molecule has 82 valence electrons. The van der Waals surface area contributed by atoms with Crippen molar-refractivity contribution in [2.75, 3.05) is 13.7 Å². The van der Waals surface area contributed by atoms with Gasteiger partial charge in [0, 0.05) is 0 Å². The summed E-state index contributed by atoms with van der Waals surface area (Å²) < 4.78 is 10.7. The fourth-order valence-corrected chi connectivity index (χ4v) is 1.82. The van der Waals surface area contributed by atoms with E-state index in [9.17, 15) is 5.11 Å². The molecule has 0 bridgehead atoms. The zero-order valence-corrected chi connectivity index (χ0v) is 8.85. The summed E-state index contributed by atoms with van der Waals surface area (Å²) in [7, 11) is 1.66. The van der Waals surface area contributed by atoms with Crippen molar-refractivity contribution in [1.82, 2.24) is 0 Å². The van der Waals surface area contributed by atoms with Gasteiger partial charge in [-0.3, -0.25) is 0 Å². The van der Waals surface area contributed by atoms with Crippen molar-refractivity contribution in [2.24, 2.45) is 0 Å². The summed E-state index contributed by atoms with van der Waals surface area (Å²) in [5.41, 5.74) is 1.16. The van der Waals surface area contributed by atoms with Gasteiger partial charge in [0.25, 0.3) is 0 Å². The Morgan fingerprint density at radius 1 is 1.27 bits per heavy atom. The van der Waals surface area contributed by atoms with E-state index >= 15 is 0 Å². The molecule has 0 saturated carbocycles. The van der Waals surface area contributed by atoms with Crippen LogP contribution in [-0.2, 0) is 4.74 Å². The zero-order chi connectivity index (χ0) is 10.7. The second-order valence-corrected chi connectivity index (χ2v) is 3.83. The van der Waals surface area contributed by atoms with Crippen LogP contribution in [-0.4, -0.2) is 24.9 Å². The molecule has 1 aromatic carbocycles. The molecule has 1 aliphatic heterocycles. The standard InChI is InChI=1S/C12H16O3/c1-14-11-5-2-9(3-6-11)12-7-4-10(13)8-15-12/h2-3,5-6,10,12-13H,4,7-8H2,1H3/t10-,12-/m0/s1. The summed E-state index contributed by atoms with van der Waals surface area (Å²) in [6.45, 7) is 0.441. The minimum Gasteiger partial charge on any atom is -0.497 e. The van der Waals surface area contributed by atoms with Crippen molar-refractivity contribution in [3.05, 3.63) is 29.8 Å². The molecule has 1 N–H and O–H groups in total. The number of aliphatic hydroxyl groups excluding tert-OH is 1. The second-order valence-electron chi connectivity index (χ2n) is 3.83. The second kappa shape index (κ2) is 4.64. The molecular formula is C12H16O3. The lowest BCUT2D eigenvalue weighted by Crippen LogP contribution is -2.24. The zero-order valence-electron chi connectivity index (χ0n) is 8.85. The number of aliphatic hydroxyl groups is 1. The molecule has 0 aromatic heterocycles. The van der Waals surface area contributed by atoms with Crippen molar-refractivity contribution in [1.29, 1.82) is 0 Å². The summed E-state index contributed by atoms with van der Waals surface area (Å²) in [5.74, 6) is 0.856. The molecule has 1 heterocycles. The molecular weight excluding hydrogens is 192 g/mol. The van der Waals surface area contributed by atoms with E-state index in [0.717, 1.165) is 24.2 Å². The molecule has 1 aliphatic rings. The van der Waals surface area contributed by atoms with Crippen LogP contribution in [0.15, 0.2) is 24.3 Å². The maximum absolute atomic E-state index is 9.31. The van der Waals surface area contributed by atoms with E-state index in [1.165, 1.54) is 0 Å². The summed E-state index contributed by atoms with van der Waals surface area (Å²) in [5, 5.41) is 9.31. The molecule has 3 nitrogen and oxygen atoms in total. The predicted molar refractivity (Wildman–Crippen MR) is 56.9 cm³/mol. The van der Waals surface area contributed by atoms with Crippen LogP contribution in [0.3, 0.4) is 0 Å². The van der Waals surface area contributed by atoms with E-state index in [1.807, 2.05) is 24.3 Å². The summed E-state index contributed by atoms with van der Waals surface area (Å²) in [6, 6.07) is 7.90. The topological polar surface area (TPSA) is 38.7 Å². The van der Waals surface area contributed by atoms with Crippen molar-refractivity contribution in [3.8, 4) is 5.75 Å². The summed E-state index contributed by atoms with van der Waals surface area (Å²) >= 11 is 0. The van der Waals surface area contributed by atoms with Gasteiger partial charge in [-0.25, -0.2) is 0 Å². The van der Waals surface area contributed by atoms with Crippen LogP contribution in [0.5, 0.6) is 5.75 Å². The van der Waals surface area contributed by atoms with Gasteiger partial charge in [0.2, 0.25) is 0 Å². The average molecular weight is 208 g/mol. The Balaban J connectivity index is 2.03. The Morgan fingerprint density at radius 2 is 2.00 bits per heavy atom. The number of rotatable bonds is 2. The van der Waals surface area contributed by atoms with Gasteiger partial charge in [-0.05, 0) is 30.5 Å². The van der Waals surface area contributed by atoms with Crippen molar-refractivity contribution in [2.45, 2.75) is 25.0 Å². The lowest BCUT2D eigenvalue weighted by molar-refractivity contribution is -0.0568. The SMILES string of the molecule is COc1ccc([C@@H]2CC[C@H](O)CO2)cc1. The van der Waals surface area contributed by atoms with Crippen LogP contribution < -0.4 is 4.74 Å². The molecule has 1 aromatic rings. The fraction of sp³-hybridized carbons (Fsp3) is 0.500.